The van der Waals surface area contributed by atoms with E-state index in [0.29, 0.717) is 5.92 Å². The highest BCUT2D eigenvalue weighted by Gasteiger charge is 2.03. The molecule has 0 aliphatic rings. The van der Waals surface area contributed by atoms with E-state index in [2.05, 4.69) is 24.4 Å². The van der Waals surface area contributed by atoms with Gasteiger partial charge in [-0.3, -0.25) is 0 Å². The molecular formula is C16H24N2O2. The topological polar surface area (TPSA) is 50.7 Å². The third kappa shape index (κ3) is 6.92. The molecule has 1 N–H and O–H groups in total. The van der Waals surface area contributed by atoms with Gasteiger partial charge in [0.1, 0.15) is 6.61 Å². The van der Waals surface area contributed by atoms with E-state index >= 15 is 0 Å². The van der Waals surface area contributed by atoms with Gasteiger partial charge in [0.25, 0.3) is 0 Å². The minimum absolute atomic E-state index is 0.260. The molecule has 1 aromatic rings. The molecule has 0 spiro atoms. The fraction of sp³-hybridized carbons (Fsp3) is 0.500. The monoisotopic (exact) mass is 276 g/mol. The summed E-state index contributed by atoms with van der Waals surface area (Å²) in [6.45, 7) is 4.62. The van der Waals surface area contributed by atoms with Crippen LogP contribution >= 0.6 is 0 Å². The zero-order valence-electron chi connectivity index (χ0n) is 12.3. The number of nitrogens with zero attached hydrogens (tertiary/aromatic N) is 1. The van der Waals surface area contributed by atoms with Gasteiger partial charge >= 0.3 is 6.09 Å². The third-order valence-electron chi connectivity index (χ3n) is 3.17. The van der Waals surface area contributed by atoms with Gasteiger partial charge in [0.05, 0.1) is 0 Å². The summed E-state index contributed by atoms with van der Waals surface area (Å²) in [7, 11) is 0. The van der Waals surface area contributed by atoms with Gasteiger partial charge in [0.15, 0.2) is 0 Å². The first-order chi connectivity index (χ1) is 9.76. The SMILES string of the molecule is CCCC(CC)C/C=N/NC(=O)OCc1ccccc1. The van der Waals surface area contributed by atoms with Gasteiger partial charge in [-0.25, -0.2) is 10.2 Å². The number of hydrogen-bond donors (Lipinski definition) is 1. The van der Waals surface area contributed by atoms with Gasteiger partial charge in [-0.1, -0.05) is 63.4 Å². The van der Waals surface area contributed by atoms with Crippen LogP contribution in [0.5, 0.6) is 0 Å². The van der Waals surface area contributed by atoms with Crippen LogP contribution in [0.1, 0.15) is 45.1 Å². The minimum atomic E-state index is -0.520. The highest BCUT2D eigenvalue weighted by atomic mass is 16.5. The van der Waals surface area contributed by atoms with Crippen molar-refractivity contribution in [1.82, 2.24) is 5.43 Å². The molecular weight excluding hydrogens is 252 g/mol. The van der Waals surface area contributed by atoms with Crippen LogP contribution in [0.3, 0.4) is 0 Å². The Balaban J connectivity index is 2.19. The molecule has 0 aromatic heterocycles. The fourth-order valence-electron chi connectivity index (χ4n) is 1.95. The van der Waals surface area contributed by atoms with Gasteiger partial charge in [-0.2, -0.15) is 5.10 Å². The maximum atomic E-state index is 11.4. The lowest BCUT2D eigenvalue weighted by molar-refractivity contribution is 0.140. The first-order valence-electron chi connectivity index (χ1n) is 7.24. The number of hydrazone groups is 1. The van der Waals surface area contributed by atoms with Crippen LogP contribution in [0.25, 0.3) is 0 Å². The Hall–Kier alpha value is -1.84. The molecule has 0 saturated carbocycles. The molecule has 0 heterocycles. The van der Waals surface area contributed by atoms with E-state index in [9.17, 15) is 4.79 Å². The van der Waals surface area contributed by atoms with E-state index < -0.39 is 6.09 Å². The quantitative estimate of drug-likeness (QED) is 0.573. The number of benzene rings is 1. The molecule has 0 saturated heterocycles. The summed E-state index contributed by atoms with van der Waals surface area (Å²) in [6.07, 6.45) is 5.64. The first-order valence-corrected chi connectivity index (χ1v) is 7.24. The number of carbonyl (C=O) groups excluding carboxylic acids is 1. The summed E-state index contributed by atoms with van der Waals surface area (Å²) >= 11 is 0. The van der Waals surface area contributed by atoms with Crippen LogP contribution in [-0.4, -0.2) is 12.3 Å². The second-order valence-electron chi connectivity index (χ2n) is 4.78. The predicted molar refractivity (Wildman–Crippen MR) is 81.6 cm³/mol. The number of carbonyl (C=O) groups is 1. The van der Waals surface area contributed by atoms with Crippen molar-refractivity contribution in [2.75, 3.05) is 0 Å². The molecule has 0 aliphatic carbocycles. The molecule has 0 bridgehead atoms. The highest BCUT2D eigenvalue weighted by Crippen LogP contribution is 2.13. The predicted octanol–water partition coefficient (Wildman–Crippen LogP) is 4.12. The fourth-order valence-corrected chi connectivity index (χ4v) is 1.95. The average molecular weight is 276 g/mol. The Bertz CT molecular complexity index is 404. The highest BCUT2D eigenvalue weighted by molar-refractivity contribution is 5.69. The second kappa shape index (κ2) is 10.0. The van der Waals surface area contributed by atoms with E-state index in [1.807, 2.05) is 30.3 Å². The standard InChI is InChI=1S/C16H24N2O2/c1-3-8-14(4-2)11-12-17-18-16(19)20-13-15-9-6-5-7-10-15/h5-7,9-10,12,14H,3-4,8,11,13H2,1-2H3,(H,18,19)/b17-12+. The molecule has 0 fully saturated rings. The zero-order valence-corrected chi connectivity index (χ0v) is 12.3. The maximum absolute atomic E-state index is 11.4. The summed E-state index contributed by atoms with van der Waals surface area (Å²) in [5, 5.41) is 3.90. The zero-order chi connectivity index (χ0) is 14.6. The van der Waals surface area contributed by atoms with Gasteiger partial charge in [-0.15, -0.1) is 0 Å². The molecule has 1 unspecified atom stereocenters. The van der Waals surface area contributed by atoms with Crippen LogP contribution < -0.4 is 5.43 Å². The smallest absolute Gasteiger partial charge is 0.428 e. The number of amides is 1. The molecule has 1 rings (SSSR count). The molecule has 1 aromatic carbocycles. The number of hydrogen-bond acceptors (Lipinski definition) is 3. The van der Waals surface area contributed by atoms with E-state index in [1.165, 1.54) is 12.8 Å². The van der Waals surface area contributed by atoms with Crippen molar-refractivity contribution in [2.45, 2.75) is 46.1 Å². The van der Waals surface area contributed by atoms with Crippen LogP contribution in [0.4, 0.5) is 4.79 Å². The van der Waals surface area contributed by atoms with Crippen molar-refractivity contribution in [3.63, 3.8) is 0 Å². The Morgan fingerprint density at radius 3 is 2.75 bits per heavy atom. The molecule has 4 nitrogen and oxygen atoms in total. The van der Waals surface area contributed by atoms with Gasteiger partial charge in [-0.05, 0) is 17.9 Å². The van der Waals surface area contributed by atoms with Gasteiger partial charge in [0, 0.05) is 6.21 Å². The number of rotatable bonds is 8. The van der Waals surface area contributed by atoms with Gasteiger partial charge in [0.2, 0.25) is 0 Å². The Kier molecular flexibility index (Phi) is 8.11. The molecule has 0 aliphatic heterocycles. The second-order valence-corrected chi connectivity index (χ2v) is 4.78. The minimum Gasteiger partial charge on any atom is -0.443 e. The molecule has 1 amide bonds. The lowest BCUT2D eigenvalue weighted by Gasteiger charge is -2.09. The van der Waals surface area contributed by atoms with Crippen LogP contribution in [0, 0.1) is 5.92 Å². The van der Waals surface area contributed by atoms with Crippen LogP contribution in [0.2, 0.25) is 0 Å². The lowest BCUT2D eigenvalue weighted by Crippen LogP contribution is -2.18. The number of nitrogens with one attached hydrogen (secondary N) is 1. The average Bonchev–Trinajstić information content (AvgIpc) is 2.49. The largest absolute Gasteiger partial charge is 0.443 e. The Morgan fingerprint density at radius 1 is 1.35 bits per heavy atom. The Labute approximate surface area is 121 Å². The van der Waals surface area contributed by atoms with Crippen molar-refractivity contribution < 1.29 is 9.53 Å². The summed E-state index contributed by atoms with van der Waals surface area (Å²) in [5.41, 5.74) is 3.34. The first kappa shape index (κ1) is 16.2. The Morgan fingerprint density at radius 2 is 2.10 bits per heavy atom. The van der Waals surface area contributed by atoms with Crippen molar-refractivity contribution in [2.24, 2.45) is 11.0 Å². The summed E-state index contributed by atoms with van der Waals surface area (Å²) in [6, 6.07) is 9.56. The third-order valence-corrected chi connectivity index (χ3v) is 3.17. The maximum Gasteiger partial charge on any atom is 0.428 e. The van der Waals surface area contributed by atoms with Crippen molar-refractivity contribution in [3.05, 3.63) is 35.9 Å². The van der Waals surface area contributed by atoms with E-state index in [4.69, 9.17) is 4.74 Å². The van der Waals surface area contributed by atoms with Gasteiger partial charge < -0.3 is 4.74 Å². The van der Waals surface area contributed by atoms with Crippen LogP contribution in [0.15, 0.2) is 35.4 Å². The molecule has 4 heteroatoms. The number of ether oxygens (including phenoxy) is 1. The van der Waals surface area contributed by atoms with Crippen molar-refractivity contribution in [1.29, 1.82) is 0 Å². The lowest BCUT2D eigenvalue weighted by atomic mass is 9.98. The summed E-state index contributed by atoms with van der Waals surface area (Å²) in [4.78, 5) is 11.4. The molecule has 20 heavy (non-hydrogen) atoms. The molecule has 0 radical (unpaired) electrons. The van der Waals surface area contributed by atoms with Crippen LogP contribution in [-0.2, 0) is 11.3 Å². The van der Waals surface area contributed by atoms with E-state index in [-0.39, 0.29) is 6.61 Å². The molecule has 110 valence electrons. The van der Waals surface area contributed by atoms with E-state index in [1.54, 1.807) is 6.21 Å². The normalized spacial score (nSPS) is 12.3. The summed E-state index contributed by atoms with van der Waals surface area (Å²) in [5.74, 6) is 0.644. The molecule has 1 atom stereocenters. The van der Waals surface area contributed by atoms with Crippen molar-refractivity contribution >= 4 is 12.3 Å². The van der Waals surface area contributed by atoms with E-state index in [0.717, 1.165) is 18.4 Å². The van der Waals surface area contributed by atoms with Crippen molar-refractivity contribution in [3.8, 4) is 0 Å². The summed E-state index contributed by atoms with van der Waals surface area (Å²) < 4.78 is 5.05.